The molecule has 0 radical (unpaired) electrons. The van der Waals surface area contributed by atoms with Crippen molar-refractivity contribution in [1.29, 1.82) is 0 Å². The van der Waals surface area contributed by atoms with Crippen LogP contribution in [0.4, 0.5) is 0 Å². The second kappa shape index (κ2) is 0.478. The third-order valence-electron chi connectivity index (χ3n) is 15.6. The standard InChI is InChI=1S/C5H7Si.C5H5.C4H6.Fe/c6-5-3-1-2-4-5;1-2-4-5-3-1;1-3-4-2;/h1-4H,6H3;1-5H;3-4H,1-2H2;. The Hall–Kier alpha value is 0.216. The van der Waals surface area contributed by atoms with Crippen molar-refractivity contribution < 1.29 is 6.51 Å². The van der Waals surface area contributed by atoms with Gasteiger partial charge in [0.1, 0.15) is 0 Å². The number of hydrogen-bond donors (Lipinski definition) is 0. The molecule has 0 aromatic rings. The van der Waals surface area contributed by atoms with Crippen LogP contribution in [0.1, 0.15) is 0 Å². The van der Waals surface area contributed by atoms with Gasteiger partial charge in [0.25, 0.3) is 0 Å². The van der Waals surface area contributed by atoms with Gasteiger partial charge in [0, 0.05) is 0 Å². The van der Waals surface area contributed by atoms with E-state index in [-0.39, 0.29) is 0 Å². The topological polar surface area (TPSA) is 0 Å². The van der Waals surface area contributed by atoms with Crippen LogP contribution < -0.4 is 0 Å². The van der Waals surface area contributed by atoms with Crippen molar-refractivity contribution in [3.05, 3.63) is 25.3 Å². The zero-order valence-electron chi connectivity index (χ0n) is 9.62. The zero-order valence-corrected chi connectivity index (χ0v) is 12.7. The second-order valence-electron chi connectivity index (χ2n) is 10.5. The zero-order chi connectivity index (χ0) is 10.4. The van der Waals surface area contributed by atoms with Gasteiger partial charge in [-0.05, 0) is 0 Å². The van der Waals surface area contributed by atoms with E-state index in [1.165, 1.54) is 3.94 Å². The van der Waals surface area contributed by atoms with Crippen LogP contribution in [0.15, 0.2) is 25.3 Å². The summed E-state index contributed by atoms with van der Waals surface area (Å²) in [6, 6.07) is 0. The van der Waals surface area contributed by atoms with Crippen molar-refractivity contribution in [3.8, 4) is 0 Å². The molecule has 16 heavy (non-hydrogen) atoms. The Kier molecular flexibility index (Phi) is 0.191. The number of rotatable bonds is 1. The molecule has 0 N–H and O–H groups in total. The van der Waals surface area contributed by atoms with E-state index in [0.717, 1.165) is 0 Å². The molecule has 86 valence electrons. The fourth-order valence-electron chi connectivity index (χ4n) is 17.3. The third kappa shape index (κ3) is 0.0541. The molecular weight excluding hydrogens is 252 g/mol. The Morgan fingerprint density at radius 3 is 1.19 bits per heavy atom. The third-order valence-corrected chi connectivity index (χ3v) is 69.3. The number of fused-ring (bicyclic) bond motifs is 10. The molecule has 10 heterocycles. The Bertz CT molecular complexity index is 839. The molecule has 2 heteroatoms. The number of allylic oxidation sites excluding steroid dienone is 2. The summed E-state index contributed by atoms with van der Waals surface area (Å²) in [5.41, 5.74) is 0. The molecule has 1 spiro atoms. The fourth-order valence-corrected chi connectivity index (χ4v) is 110. The van der Waals surface area contributed by atoms with Gasteiger partial charge in [-0.15, -0.1) is 0 Å². The summed E-state index contributed by atoms with van der Waals surface area (Å²) in [7, 11) is 1.69. The molecule has 0 bridgehead atoms. The van der Waals surface area contributed by atoms with Gasteiger partial charge in [0.2, 0.25) is 0 Å². The molecule has 0 saturated carbocycles. The first-order chi connectivity index (χ1) is 7.46. The monoisotopic (exact) mass is 270 g/mol. The van der Waals surface area contributed by atoms with Crippen molar-refractivity contribution in [1.82, 2.24) is 0 Å². The van der Waals surface area contributed by atoms with E-state index in [2.05, 4.69) is 13.2 Å². The Morgan fingerprint density at radius 1 is 0.812 bits per heavy atom. The van der Waals surface area contributed by atoms with Gasteiger partial charge in [-0.25, -0.2) is 0 Å². The molecule has 4 unspecified atom stereocenters. The Labute approximate surface area is 89.3 Å². The van der Waals surface area contributed by atoms with Gasteiger partial charge >= 0.3 is 64.0 Å². The first kappa shape index (κ1) is 6.40. The first-order valence-electron chi connectivity index (χ1n) is 6.91. The molecule has 0 nitrogen and oxygen atoms in total. The Balaban J connectivity index is 0.000000132. The molecule has 10 saturated heterocycles. The first-order valence-corrected chi connectivity index (χ1v) is 14.2. The van der Waals surface area contributed by atoms with Crippen molar-refractivity contribution >= 4 is 10.2 Å². The predicted octanol–water partition coefficient (Wildman–Crippen LogP) is 3.43. The van der Waals surface area contributed by atoms with Crippen LogP contribution in [-0.4, -0.2) is 10.2 Å². The van der Waals surface area contributed by atoms with Crippen LogP contribution >= 0.6 is 0 Å². The molecule has 10 aliphatic heterocycles. The van der Waals surface area contributed by atoms with Crippen LogP contribution in [0.2, 0.25) is 47.3 Å². The van der Waals surface area contributed by atoms with Gasteiger partial charge in [0.15, 0.2) is 0 Å². The van der Waals surface area contributed by atoms with Crippen LogP contribution in [-0.2, 0) is 6.51 Å². The van der Waals surface area contributed by atoms with E-state index < -0.39 is 6.51 Å². The van der Waals surface area contributed by atoms with E-state index in [0.29, 0.717) is 0 Å². The van der Waals surface area contributed by atoms with Crippen molar-refractivity contribution in [2.24, 2.45) is 0 Å². The summed E-state index contributed by atoms with van der Waals surface area (Å²) in [4.78, 5) is 14.4. The molecule has 10 aliphatic rings. The van der Waals surface area contributed by atoms with Crippen LogP contribution in [0.25, 0.3) is 0 Å². The molecule has 0 aliphatic carbocycles. The van der Waals surface area contributed by atoms with Crippen LogP contribution in [0.5, 0.6) is 0 Å². The average Bonchev–Trinajstić information content (AvgIpc) is 3.23. The second-order valence-corrected chi connectivity index (χ2v) is 37.0. The fraction of sp³-hybridized carbons (Fsp3) is 0.714. The van der Waals surface area contributed by atoms with Gasteiger partial charge in [-0.1, -0.05) is 25.3 Å². The summed E-state index contributed by atoms with van der Waals surface area (Å²) in [5, 5.41) is 0. The predicted molar refractivity (Wildman–Crippen MR) is 66.8 cm³/mol. The number of hydrogen-bond acceptors (Lipinski definition) is 0. The normalized spacial score (nSPS) is 124. The summed E-state index contributed by atoms with van der Waals surface area (Å²) in [6.07, 6.45) is 3.28. The molecule has 4 atom stereocenters. The van der Waals surface area contributed by atoms with Crippen molar-refractivity contribution in [3.63, 3.8) is 0 Å². The molecule has 10 fully saturated rings. The van der Waals surface area contributed by atoms with Crippen LogP contribution in [0, 0.1) is 0 Å². The summed E-state index contributed by atoms with van der Waals surface area (Å²) in [5.74, 6) is 0. The van der Waals surface area contributed by atoms with E-state index in [4.69, 9.17) is 0 Å². The van der Waals surface area contributed by atoms with Gasteiger partial charge < -0.3 is 0 Å². The summed E-state index contributed by atoms with van der Waals surface area (Å²) < 4.78 is 1.33. The SMILES string of the molecule is C=CC=C.[SiH3][C]12[CH]3[CH]4[CH]5[CH]1[Fe]45321678[CH]2[CH]1[CH]6[CH]7[CH]28. The molecule has 0 aromatic carbocycles. The van der Waals surface area contributed by atoms with E-state index in [9.17, 15) is 0 Å². The molecular formula is C14H18FeSi. The molecule has 0 aromatic heterocycles. The minimum atomic E-state index is -2.39. The Morgan fingerprint density at radius 2 is 1.19 bits per heavy atom. The summed E-state index contributed by atoms with van der Waals surface area (Å²) in [6.45, 7) is 4.33. The van der Waals surface area contributed by atoms with Crippen molar-refractivity contribution in [2.75, 3.05) is 0 Å². The average molecular weight is 270 g/mol. The maximum atomic E-state index is 3.36. The van der Waals surface area contributed by atoms with Crippen molar-refractivity contribution in [2.45, 2.75) is 47.3 Å². The molecule has 0 amide bonds. The minimum absolute atomic E-state index is 1.33. The van der Waals surface area contributed by atoms with E-state index in [1.807, 2.05) is 0 Å². The van der Waals surface area contributed by atoms with Crippen LogP contribution in [0.3, 0.4) is 0 Å². The maximum absolute atomic E-state index is 3.36. The van der Waals surface area contributed by atoms with E-state index >= 15 is 0 Å². The van der Waals surface area contributed by atoms with E-state index in [1.54, 1.807) is 65.7 Å². The van der Waals surface area contributed by atoms with Gasteiger partial charge in [0.05, 0.1) is 0 Å². The van der Waals surface area contributed by atoms with Gasteiger partial charge in [-0.2, -0.15) is 0 Å². The summed E-state index contributed by atoms with van der Waals surface area (Å²) >= 11 is 0. The van der Waals surface area contributed by atoms with Gasteiger partial charge in [-0.3, -0.25) is 0 Å². The quantitative estimate of drug-likeness (QED) is 0.506. The molecule has 10 rings (SSSR count).